The first-order chi connectivity index (χ1) is 9.34. The fourth-order valence-electron chi connectivity index (χ4n) is 1.80. The van der Waals surface area contributed by atoms with E-state index in [0.717, 1.165) is 20.8 Å². The number of fused-ring (bicyclic) bond motifs is 1. The topological polar surface area (TPSA) is 46.0 Å². The van der Waals surface area contributed by atoms with Crippen LogP contribution in [0.5, 0.6) is 0 Å². The largest absolute Gasteiger partial charge is 0.388 e. The summed E-state index contributed by atoms with van der Waals surface area (Å²) in [7, 11) is 0. The highest BCUT2D eigenvalue weighted by atomic mass is 32.2. The second-order valence-corrected chi connectivity index (χ2v) is 5.98. The lowest BCUT2D eigenvalue weighted by atomic mass is 10.1. The highest BCUT2D eigenvalue weighted by Gasteiger charge is 2.11. The lowest BCUT2D eigenvalue weighted by Gasteiger charge is -2.10. The van der Waals surface area contributed by atoms with Gasteiger partial charge in [0.25, 0.3) is 0 Å². The summed E-state index contributed by atoms with van der Waals surface area (Å²) in [5.41, 5.74) is 1.91. The second kappa shape index (κ2) is 5.69. The first-order valence-electron chi connectivity index (χ1n) is 5.88. The molecule has 1 unspecified atom stereocenters. The van der Waals surface area contributed by atoms with Gasteiger partial charge in [-0.1, -0.05) is 30.3 Å². The van der Waals surface area contributed by atoms with Crippen LogP contribution >= 0.6 is 23.1 Å². The van der Waals surface area contributed by atoms with E-state index in [4.69, 9.17) is 0 Å². The summed E-state index contributed by atoms with van der Waals surface area (Å²) in [5.74, 6) is 0.591. The van der Waals surface area contributed by atoms with Crippen LogP contribution in [0, 0.1) is 0 Å². The molecule has 0 saturated carbocycles. The molecule has 0 fully saturated rings. The molecule has 3 aromatic rings. The van der Waals surface area contributed by atoms with Gasteiger partial charge in [-0.25, -0.2) is 9.97 Å². The molecule has 1 aromatic carbocycles. The normalized spacial score (nSPS) is 12.7. The molecule has 1 atom stereocenters. The Kier molecular flexibility index (Phi) is 3.77. The maximum atomic E-state index is 10.1. The van der Waals surface area contributed by atoms with Crippen molar-refractivity contribution in [3.63, 3.8) is 0 Å². The number of benzene rings is 1. The maximum Gasteiger partial charge on any atom is 0.117 e. The average molecular weight is 288 g/mol. The van der Waals surface area contributed by atoms with Crippen molar-refractivity contribution in [2.45, 2.75) is 11.1 Å². The van der Waals surface area contributed by atoms with E-state index in [1.54, 1.807) is 29.4 Å². The summed E-state index contributed by atoms with van der Waals surface area (Å²) >= 11 is 3.20. The van der Waals surface area contributed by atoms with Gasteiger partial charge in [0.15, 0.2) is 0 Å². The molecule has 3 rings (SSSR count). The number of aromatic nitrogens is 2. The summed E-state index contributed by atoms with van der Waals surface area (Å²) in [6.07, 6.45) is 1.10. The molecule has 96 valence electrons. The van der Waals surface area contributed by atoms with Crippen LogP contribution in [-0.2, 0) is 0 Å². The van der Waals surface area contributed by atoms with E-state index < -0.39 is 6.10 Å². The van der Waals surface area contributed by atoms with Crippen LogP contribution in [0.15, 0.2) is 53.1 Å². The molecular weight excluding hydrogens is 276 g/mol. The van der Waals surface area contributed by atoms with Gasteiger partial charge in [0.05, 0.1) is 16.3 Å². The van der Waals surface area contributed by atoms with Crippen LogP contribution < -0.4 is 0 Å². The van der Waals surface area contributed by atoms with Crippen LogP contribution in [0.2, 0.25) is 0 Å². The van der Waals surface area contributed by atoms with Gasteiger partial charge >= 0.3 is 0 Å². The standard InChI is InChI=1S/C14H12N2OS2/c17-12(10-4-2-1-3-5-10)8-19-14-13-11(6-7-18-13)15-9-16-14/h1-7,9,12,17H,8H2. The third-order valence-corrected chi connectivity index (χ3v) is 4.88. The molecular formula is C14H12N2OS2. The van der Waals surface area contributed by atoms with Gasteiger partial charge in [-0.2, -0.15) is 0 Å². The monoisotopic (exact) mass is 288 g/mol. The fraction of sp³-hybridized carbons (Fsp3) is 0.143. The number of rotatable bonds is 4. The second-order valence-electron chi connectivity index (χ2n) is 4.05. The molecule has 0 bridgehead atoms. The van der Waals surface area contributed by atoms with Crippen LogP contribution in [0.25, 0.3) is 10.2 Å². The van der Waals surface area contributed by atoms with Crippen molar-refractivity contribution in [3.8, 4) is 0 Å². The zero-order valence-electron chi connectivity index (χ0n) is 10.1. The number of aliphatic hydroxyl groups is 1. The Labute approximate surface area is 119 Å². The molecule has 2 aromatic heterocycles. The first-order valence-corrected chi connectivity index (χ1v) is 7.75. The highest BCUT2D eigenvalue weighted by molar-refractivity contribution is 7.99. The third kappa shape index (κ3) is 2.78. The summed E-state index contributed by atoms with van der Waals surface area (Å²) in [6.45, 7) is 0. The summed E-state index contributed by atoms with van der Waals surface area (Å²) in [5, 5.41) is 13.1. The molecule has 2 heterocycles. The van der Waals surface area contributed by atoms with Crippen molar-refractivity contribution in [3.05, 3.63) is 53.7 Å². The van der Waals surface area contributed by atoms with Crippen molar-refractivity contribution < 1.29 is 5.11 Å². The molecule has 0 amide bonds. The van der Waals surface area contributed by atoms with E-state index >= 15 is 0 Å². The van der Waals surface area contributed by atoms with Gasteiger partial charge in [-0.05, 0) is 17.0 Å². The van der Waals surface area contributed by atoms with Crippen molar-refractivity contribution in [1.29, 1.82) is 0 Å². The number of aliphatic hydroxyl groups excluding tert-OH is 1. The van der Waals surface area contributed by atoms with E-state index in [9.17, 15) is 5.11 Å². The Balaban J connectivity index is 1.74. The van der Waals surface area contributed by atoms with E-state index in [-0.39, 0.29) is 0 Å². The van der Waals surface area contributed by atoms with E-state index in [2.05, 4.69) is 9.97 Å². The van der Waals surface area contributed by atoms with Gasteiger partial charge in [-0.15, -0.1) is 23.1 Å². The minimum absolute atomic E-state index is 0.476. The Morgan fingerprint density at radius 2 is 2.00 bits per heavy atom. The molecule has 0 spiro atoms. The predicted octanol–water partition coefficient (Wildman–Crippen LogP) is 3.52. The Morgan fingerprint density at radius 3 is 2.84 bits per heavy atom. The summed E-state index contributed by atoms with van der Waals surface area (Å²) in [4.78, 5) is 8.51. The smallest absolute Gasteiger partial charge is 0.117 e. The minimum Gasteiger partial charge on any atom is -0.388 e. The van der Waals surface area contributed by atoms with Gasteiger partial charge in [-0.3, -0.25) is 0 Å². The molecule has 5 heteroatoms. The van der Waals surface area contributed by atoms with Crippen LogP contribution in [0.1, 0.15) is 11.7 Å². The first kappa shape index (κ1) is 12.6. The third-order valence-electron chi connectivity index (χ3n) is 2.77. The molecule has 0 radical (unpaired) electrons. The molecule has 3 nitrogen and oxygen atoms in total. The van der Waals surface area contributed by atoms with Crippen LogP contribution in [-0.4, -0.2) is 20.8 Å². The molecule has 0 saturated heterocycles. The van der Waals surface area contributed by atoms with Gasteiger partial charge in [0.2, 0.25) is 0 Å². The van der Waals surface area contributed by atoms with Gasteiger partial charge in [0, 0.05) is 5.75 Å². The van der Waals surface area contributed by atoms with Crippen molar-refractivity contribution in [1.82, 2.24) is 9.97 Å². The predicted molar refractivity (Wildman–Crippen MR) is 79.5 cm³/mol. The number of hydrogen-bond donors (Lipinski definition) is 1. The molecule has 0 aliphatic carbocycles. The quantitative estimate of drug-likeness (QED) is 0.589. The lowest BCUT2D eigenvalue weighted by molar-refractivity contribution is 0.204. The number of nitrogens with zero attached hydrogens (tertiary/aromatic N) is 2. The lowest BCUT2D eigenvalue weighted by Crippen LogP contribution is -2.00. The molecule has 19 heavy (non-hydrogen) atoms. The summed E-state index contributed by atoms with van der Waals surface area (Å²) in [6, 6.07) is 11.7. The van der Waals surface area contributed by atoms with Crippen molar-refractivity contribution in [2.24, 2.45) is 0 Å². The van der Waals surface area contributed by atoms with Crippen molar-refractivity contribution >= 4 is 33.3 Å². The Hall–Kier alpha value is -1.43. The number of hydrogen-bond acceptors (Lipinski definition) is 5. The molecule has 0 aliphatic heterocycles. The van der Waals surface area contributed by atoms with E-state index in [1.807, 2.05) is 41.8 Å². The molecule has 0 aliphatic rings. The Morgan fingerprint density at radius 1 is 1.16 bits per heavy atom. The Bertz CT molecular complexity index is 669. The van der Waals surface area contributed by atoms with Crippen molar-refractivity contribution in [2.75, 3.05) is 5.75 Å². The van der Waals surface area contributed by atoms with E-state index in [1.165, 1.54) is 0 Å². The fourth-order valence-corrected chi connectivity index (χ4v) is 3.71. The maximum absolute atomic E-state index is 10.1. The molecule has 1 N–H and O–H groups in total. The van der Waals surface area contributed by atoms with Crippen LogP contribution in [0.4, 0.5) is 0 Å². The number of thioether (sulfide) groups is 1. The zero-order valence-corrected chi connectivity index (χ0v) is 11.7. The number of thiophene rings is 1. The average Bonchev–Trinajstić information content (AvgIpc) is 2.94. The summed E-state index contributed by atoms with van der Waals surface area (Å²) < 4.78 is 1.09. The van der Waals surface area contributed by atoms with Crippen LogP contribution in [0.3, 0.4) is 0 Å². The van der Waals surface area contributed by atoms with E-state index in [0.29, 0.717) is 5.75 Å². The SMILES string of the molecule is OC(CSc1ncnc2ccsc12)c1ccccc1. The van der Waals surface area contributed by atoms with Gasteiger partial charge < -0.3 is 5.11 Å². The van der Waals surface area contributed by atoms with Gasteiger partial charge in [0.1, 0.15) is 11.4 Å². The zero-order chi connectivity index (χ0) is 13.1. The minimum atomic E-state index is -0.476. The highest BCUT2D eigenvalue weighted by Crippen LogP contribution is 2.31.